The van der Waals surface area contributed by atoms with Gasteiger partial charge in [-0.05, 0) is 30.0 Å². The van der Waals surface area contributed by atoms with Gasteiger partial charge in [-0.1, -0.05) is 12.1 Å². The average Bonchev–Trinajstić information content (AvgIpc) is 2.75. The highest BCUT2D eigenvalue weighted by molar-refractivity contribution is 5.88. The van der Waals surface area contributed by atoms with Gasteiger partial charge in [-0.2, -0.15) is 0 Å². The summed E-state index contributed by atoms with van der Waals surface area (Å²) in [7, 11) is 0. The average molecular weight is 227 g/mol. The summed E-state index contributed by atoms with van der Waals surface area (Å²) in [6.45, 7) is 0.955. The molecule has 1 aliphatic heterocycles. The van der Waals surface area contributed by atoms with Crippen molar-refractivity contribution in [1.82, 2.24) is 10.3 Å². The quantitative estimate of drug-likeness (QED) is 0.639. The molecule has 2 aliphatic rings. The SMILES string of the molecule is N[C@@H]1CN[C@@H]2Cc3c[nH]c4cccc(c34)C2C1. The van der Waals surface area contributed by atoms with E-state index in [1.165, 1.54) is 22.0 Å². The molecule has 0 spiro atoms. The first-order valence-corrected chi connectivity index (χ1v) is 6.41. The molecule has 0 amide bonds. The van der Waals surface area contributed by atoms with Crippen LogP contribution in [0.15, 0.2) is 24.4 Å². The third-order valence-corrected chi connectivity index (χ3v) is 4.34. The highest BCUT2D eigenvalue weighted by Gasteiger charge is 2.34. The van der Waals surface area contributed by atoms with E-state index in [1.807, 2.05) is 0 Å². The zero-order valence-electron chi connectivity index (χ0n) is 9.74. The van der Waals surface area contributed by atoms with E-state index in [1.54, 1.807) is 0 Å². The van der Waals surface area contributed by atoms with Crippen molar-refractivity contribution in [2.24, 2.45) is 5.73 Å². The van der Waals surface area contributed by atoms with Crippen LogP contribution >= 0.6 is 0 Å². The van der Waals surface area contributed by atoms with Crippen molar-refractivity contribution in [1.29, 1.82) is 0 Å². The van der Waals surface area contributed by atoms with E-state index in [0.717, 1.165) is 19.4 Å². The number of nitrogens with one attached hydrogen (secondary N) is 2. The molecule has 88 valence electrons. The predicted molar refractivity (Wildman–Crippen MR) is 69.1 cm³/mol. The Hall–Kier alpha value is -1.32. The summed E-state index contributed by atoms with van der Waals surface area (Å²) in [6, 6.07) is 7.46. The van der Waals surface area contributed by atoms with Crippen molar-refractivity contribution in [2.75, 3.05) is 6.54 Å². The lowest BCUT2D eigenvalue weighted by molar-refractivity contribution is 0.316. The Bertz CT molecular complexity index is 572. The monoisotopic (exact) mass is 227 g/mol. The summed E-state index contributed by atoms with van der Waals surface area (Å²) < 4.78 is 0. The largest absolute Gasteiger partial charge is 0.361 e. The summed E-state index contributed by atoms with van der Waals surface area (Å²) in [5, 5.41) is 5.05. The Balaban J connectivity index is 1.92. The first-order chi connectivity index (χ1) is 8.33. The summed E-state index contributed by atoms with van der Waals surface area (Å²) >= 11 is 0. The van der Waals surface area contributed by atoms with E-state index in [4.69, 9.17) is 5.73 Å². The van der Waals surface area contributed by atoms with Crippen LogP contribution in [0.25, 0.3) is 10.9 Å². The van der Waals surface area contributed by atoms with Crippen molar-refractivity contribution in [2.45, 2.75) is 30.8 Å². The maximum absolute atomic E-state index is 6.09. The molecular formula is C14H17N3. The molecule has 1 aliphatic carbocycles. The number of hydrogen-bond acceptors (Lipinski definition) is 2. The van der Waals surface area contributed by atoms with E-state index in [-0.39, 0.29) is 0 Å². The van der Waals surface area contributed by atoms with Gasteiger partial charge in [0, 0.05) is 41.6 Å². The van der Waals surface area contributed by atoms with Gasteiger partial charge in [-0.15, -0.1) is 0 Å². The summed E-state index contributed by atoms with van der Waals surface area (Å²) in [6.07, 6.45) is 4.41. The minimum absolute atomic E-state index is 0.298. The number of piperidine rings is 1. The number of benzene rings is 1. The Labute approximate surface area is 100 Å². The van der Waals surface area contributed by atoms with Gasteiger partial charge < -0.3 is 16.0 Å². The lowest BCUT2D eigenvalue weighted by Gasteiger charge is -2.39. The van der Waals surface area contributed by atoms with Crippen LogP contribution in [-0.2, 0) is 6.42 Å². The van der Waals surface area contributed by atoms with Gasteiger partial charge in [0.05, 0.1) is 0 Å². The van der Waals surface area contributed by atoms with Crippen LogP contribution in [0.4, 0.5) is 0 Å². The Morgan fingerprint density at radius 3 is 3.18 bits per heavy atom. The minimum Gasteiger partial charge on any atom is -0.361 e. The highest BCUT2D eigenvalue weighted by Crippen LogP contribution is 2.40. The van der Waals surface area contributed by atoms with Crippen LogP contribution < -0.4 is 11.1 Å². The fraction of sp³-hybridized carbons (Fsp3) is 0.429. The predicted octanol–water partition coefficient (Wildman–Crippen LogP) is 1.50. The van der Waals surface area contributed by atoms with E-state index >= 15 is 0 Å². The fourth-order valence-electron chi connectivity index (χ4n) is 3.57. The number of rotatable bonds is 0. The second-order valence-electron chi connectivity index (χ2n) is 5.40. The lowest BCUT2D eigenvalue weighted by Crippen LogP contribution is -2.51. The Kier molecular flexibility index (Phi) is 1.90. The number of hydrogen-bond donors (Lipinski definition) is 3. The molecule has 0 saturated carbocycles. The number of aromatic nitrogens is 1. The Morgan fingerprint density at radius 2 is 2.24 bits per heavy atom. The van der Waals surface area contributed by atoms with Crippen molar-refractivity contribution in [3.63, 3.8) is 0 Å². The molecule has 1 unspecified atom stereocenters. The molecule has 0 bridgehead atoms. The molecule has 1 fully saturated rings. The van der Waals surface area contributed by atoms with Gasteiger partial charge in [0.2, 0.25) is 0 Å². The fourth-order valence-corrected chi connectivity index (χ4v) is 3.57. The first kappa shape index (κ1) is 9.68. The van der Waals surface area contributed by atoms with E-state index in [9.17, 15) is 0 Å². The standard InChI is InChI=1S/C14H17N3/c15-9-5-11-10-2-1-3-12-14(10)8(6-16-12)4-13(11)17-7-9/h1-3,6,9,11,13,16-17H,4-5,7,15H2/t9-,11?,13+/m0/s1. The van der Waals surface area contributed by atoms with Gasteiger partial charge in [0.15, 0.2) is 0 Å². The molecule has 3 nitrogen and oxygen atoms in total. The molecule has 1 aromatic carbocycles. The second kappa shape index (κ2) is 3.34. The minimum atomic E-state index is 0.298. The number of H-pyrrole nitrogens is 1. The second-order valence-corrected chi connectivity index (χ2v) is 5.40. The van der Waals surface area contributed by atoms with Crippen molar-refractivity contribution < 1.29 is 0 Å². The molecule has 0 radical (unpaired) electrons. The van der Waals surface area contributed by atoms with Crippen LogP contribution in [-0.4, -0.2) is 23.6 Å². The third-order valence-electron chi connectivity index (χ3n) is 4.34. The number of nitrogens with two attached hydrogens (primary N) is 1. The van der Waals surface area contributed by atoms with Gasteiger partial charge >= 0.3 is 0 Å². The number of aromatic amines is 1. The van der Waals surface area contributed by atoms with Crippen LogP contribution in [0.2, 0.25) is 0 Å². The zero-order chi connectivity index (χ0) is 11.4. The Morgan fingerprint density at radius 1 is 1.29 bits per heavy atom. The molecule has 3 atom stereocenters. The first-order valence-electron chi connectivity index (χ1n) is 6.41. The molecule has 4 N–H and O–H groups in total. The summed E-state index contributed by atoms with van der Waals surface area (Å²) in [4.78, 5) is 3.38. The maximum atomic E-state index is 6.09. The molecule has 1 aromatic heterocycles. The molecule has 3 heteroatoms. The molecule has 2 aromatic rings. The van der Waals surface area contributed by atoms with E-state index < -0.39 is 0 Å². The summed E-state index contributed by atoms with van der Waals surface area (Å²) in [5.41, 5.74) is 10.3. The van der Waals surface area contributed by atoms with E-state index in [2.05, 4.69) is 34.7 Å². The van der Waals surface area contributed by atoms with Gasteiger partial charge in [0.1, 0.15) is 0 Å². The van der Waals surface area contributed by atoms with Gasteiger partial charge in [-0.3, -0.25) is 0 Å². The van der Waals surface area contributed by atoms with Crippen LogP contribution in [0.3, 0.4) is 0 Å². The van der Waals surface area contributed by atoms with Crippen molar-refractivity contribution in [3.05, 3.63) is 35.5 Å². The maximum Gasteiger partial charge on any atom is 0.0459 e. The molecule has 4 rings (SSSR count). The van der Waals surface area contributed by atoms with Crippen molar-refractivity contribution in [3.8, 4) is 0 Å². The third kappa shape index (κ3) is 1.30. The van der Waals surface area contributed by atoms with Crippen LogP contribution in [0, 0.1) is 0 Å². The summed E-state index contributed by atoms with van der Waals surface area (Å²) in [5.74, 6) is 0.589. The topological polar surface area (TPSA) is 53.8 Å². The molecule has 2 heterocycles. The van der Waals surface area contributed by atoms with Gasteiger partial charge in [0.25, 0.3) is 0 Å². The molecular weight excluding hydrogens is 210 g/mol. The van der Waals surface area contributed by atoms with Gasteiger partial charge in [-0.25, -0.2) is 0 Å². The lowest BCUT2D eigenvalue weighted by atomic mass is 9.75. The smallest absolute Gasteiger partial charge is 0.0459 e. The zero-order valence-corrected chi connectivity index (χ0v) is 9.74. The van der Waals surface area contributed by atoms with Crippen LogP contribution in [0.1, 0.15) is 23.5 Å². The van der Waals surface area contributed by atoms with Crippen molar-refractivity contribution >= 4 is 10.9 Å². The molecule has 1 saturated heterocycles. The number of fused-ring (bicyclic) bond motifs is 2. The van der Waals surface area contributed by atoms with E-state index in [0.29, 0.717) is 18.0 Å². The highest BCUT2D eigenvalue weighted by atomic mass is 15.0. The molecule has 17 heavy (non-hydrogen) atoms. The normalized spacial score (nSPS) is 31.5. The van der Waals surface area contributed by atoms with Crippen LogP contribution in [0.5, 0.6) is 0 Å².